The third kappa shape index (κ3) is 4.92. The Hall–Kier alpha value is -7.16. The third-order valence-corrected chi connectivity index (χ3v) is 8.00. The largest absolute Gasteiger partial charge is 0.445 e. The molecule has 240 valence electrons. The van der Waals surface area contributed by atoms with Crippen LogP contribution in [-0.4, -0.2) is 9.97 Å². The van der Waals surface area contributed by atoms with E-state index in [1.165, 1.54) is 36.4 Å². The van der Waals surface area contributed by atoms with Crippen LogP contribution in [0.25, 0.3) is 87.1 Å². The van der Waals surface area contributed by atoms with E-state index in [9.17, 15) is 36.9 Å². The molecule has 50 heavy (non-hydrogen) atoms. The van der Waals surface area contributed by atoms with Gasteiger partial charge in [-0.1, -0.05) is 36.4 Å². The van der Waals surface area contributed by atoms with Crippen LogP contribution in [0.15, 0.2) is 81.6 Å². The van der Waals surface area contributed by atoms with Gasteiger partial charge in [-0.25, -0.2) is 30.2 Å². The van der Waals surface area contributed by atoms with Crippen molar-refractivity contribution in [2.75, 3.05) is 0 Å². The van der Waals surface area contributed by atoms with Gasteiger partial charge in [-0.2, -0.15) is 26.3 Å². The number of benzene rings is 5. The molecule has 0 unspecified atom stereocenters. The minimum absolute atomic E-state index is 0.0466. The van der Waals surface area contributed by atoms with Crippen LogP contribution in [0.2, 0.25) is 0 Å². The molecule has 8 nitrogen and oxygen atoms in total. The summed E-state index contributed by atoms with van der Waals surface area (Å²) in [6.07, 6.45) is -9.29. The highest BCUT2D eigenvalue weighted by atomic mass is 19.4. The van der Waals surface area contributed by atoms with Crippen molar-refractivity contribution in [2.45, 2.75) is 12.4 Å². The molecular weight excluding hydrogens is 662 g/mol. The first-order chi connectivity index (χ1) is 23.9. The van der Waals surface area contributed by atoms with Gasteiger partial charge in [-0.05, 0) is 58.3 Å². The Balaban J connectivity index is 1.76. The van der Waals surface area contributed by atoms with E-state index >= 15 is 0 Å². The third-order valence-electron chi connectivity index (χ3n) is 8.00. The van der Waals surface area contributed by atoms with Gasteiger partial charge in [0.05, 0.1) is 36.4 Å². The summed E-state index contributed by atoms with van der Waals surface area (Å²) in [7, 11) is 0. The lowest BCUT2D eigenvalue weighted by Gasteiger charge is -2.18. The minimum Gasteiger partial charge on any atom is -0.445 e. The summed E-state index contributed by atoms with van der Waals surface area (Å²) in [5, 5.41) is 20.2. The molecule has 0 radical (unpaired) electrons. The number of hydrogen-bond donors (Lipinski definition) is 0. The van der Waals surface area contributed by atoms with Gasteiger partial charge in [-0.3, -0.25) is 0 Å². The summed E-state index contributed by atoms with van der Waals surface area (Å²) in [6, 6.07) is 18.1. The molecule has 0 bridgehead atoms. The molecule has 0 N–H and O–H groups in total. The second kappa shape index (κ2) is 11.2. The normalized spacial score (nSPS) is 13.2. The lowest BCUT2D eigenvalue weighted by molar-refractivity contribution is -0.138. The Morgan fingerprint density at radius 1 is 0.580 bits per heavy atom. The maximum absolute atomic E-state index is 13.6. The SMILES string of the molecule is [C-]#[N+]/C(C#N)=c1/nc2ccc3c(-c4ccc(C(F)(F)F)cc4)c4c(ccc5n/c(=C(/C#N)[N+]#[C-])oc54)c(-c4ccc(C(F)(F)F)cc4)c3c2o1. The van der Waals surface area contributed by atoms with E-state index in [-0.39, 0.29) is 55.2 Å². The van der Waals surface area contributed by atoms with E-state index in [0.29, 0.717) is 21.9 Å². The molecule has 7 rings (SSSR count). The zero-order valence-electron chi connectivity index (χ0n) is 24.7. The van der Waals surface area contributed by atoms with Gasteiger partial charge in [0.15, 0.2) is 11.2 Å². The van der Waals surface area contributed by atoms with Crippen molar-refractivity contribution in [1.29, 1.82) is 10.5 Å². The molecular formula is C36H12F6N6O2. The van der Waals surface area contributed by atoms with E-state index in [4.69, 9.17) is 22.0 Å². The number of halogens is 6. The van der Waals surface area contributed by atoms with Crippen LogP contribution < -0.4 is 11.1 Å². The lowest BCUT2D eigenvalue weighted by atomic mass is 9.85. The smallest absolute Gasteiger partial charge is 0.416 e. The molecule has 2 aromatic heterocycles. The van der Waals surface area contributed by atoms with Crippen molar-refractivity contribution in [3.05, 3.63) is 118 Å². The second-order valence-electron chi connectivity index (χ2n) is 10.8. The van der Waals surface area contributed by atoms with Gasteiger partial charge in [-0.15, -0.1) is 0 Å². The molecule has 0 spiro atoms. The van der Waals surface area contributed by atoms with Crippen LogP contribution in [0, 0.1) is 35.8 Å². The van der Waals surface area contributed by atoms with Crippen LogP contribution in [0.3, 0.4) is 0 Å². The number of oxazole rings is 2. The predicted octanol–water partition coefficient (Wildman–Crippen LogP) is 8.75. The first kappa shape index (κ1) is 31.4. The fraction of sp³-hybridized carbons (Fsp3) is 0.0556. The van der Waals surface area contributed by atoms with Crippen LogP contribution in [0.4, 0.5) is 26.3 Å². The Bertz CT molecular complexity index is 2640. The van der Waals surface area contributed by atoms with Crippen molar-refractivity contribution in [3.8, 4) is 34.4 Å². The summed E-state index contributed by atoms with van der Waals surface area (Å²) in [4.78, 5) is 14.9. The number of rotatable bonds is 2. The van der Waals surface area contributed by atoms with Crippen LogP contribution >= 0.6 is 0 Å². The summed E-state index contributed by atoms with van der Waals surface area (Å²) in [5.41, 5.74) is -1.82. The van der Waals surface area contributed by atoms with Gasteiger partial charge in [0, 0.05) is 21.9 Å². The number of nitrogens with zero attached hydrogens (tertiary/aromatic N) is 6. The van der Waals surface area contributed by atoms with Crippen molar-refractivity contribution >= 4 is 55.1 Å². The van der Waals surface area contributed by atoms with E-state index in [2.05, 4.69) is 19.7 Å². The maximum atomic E-state index is 13.6. The highest BCUT2D eigenvalue weighted by Crippen LogP contribution is 2.48. The molecule has 0 fully saturated rings. The zero-order chi connectivity index (χ0) is 35.5. The van der Waals surface area contributed by atoms with Crippen molar-refractivity contribution in [1.82, 2.24) is 9.97 Å². The van der Waals surface area contributed by atoms with Crippen molar-refractivity contribution in [3.63, 3.8) is 0 Å². The molecule has 0 saturated heterocycles. The Morgan fingerprint density at radius 3 is 1.24 bits per heavy atom. The summed E-state index contributed by atoms with van der Waals surface area (Å²) >= 11 is 0. The number of nitriles is 2. The Labute approximate surface area is 275 Å². The van der Waals surface area contributed by atoms with Crippen molar-refractivity contribution < 1.29 is 35.2 Å². The highest BCUT2D eigenvalue weighted by Gasteiger charge is 2.32. The van der Waals surface area contributed by atoms with E-state index in [1.54, 1.807) is 24.3 Å². The standard InChI is InChI=1S/C36H12F6N6O2/c1-45-25(15-43)33-47-23-13-11-21-28(18-5-9-20(10-6-18)36(40,41)42)30-22(12-14-24-32(30)50-34(48-24)26(16-44)46-2)27(29(21)31(23)49-33)17-3-7-19(8-4-17)35(37,38)39/h3-14H/b33-25-,34-26+. The maximum Gasteiger partial charge on any atom is 0.416 e. The second-order valence-corrected chi connectivity index (χ2v) is 10.8. The van der Waals surface area contributed by atoms with Crippen molar-refractivity contribution in [2.24, 2.45) is 0 Å². The van der Waals surface area contributed by atoms with Crippen LogP contribution in [-0.2, 0) is 12.4 Å². The Kier molecular flexibility index (Phi) is 7.06. The molecule has 0 atom stereocenters. The molecule has 0 aliphatic heterocycles. The number of aromatic nitrogens is 2. The lowest BCUT2D eigenvalue weighted by Crippen LogP contribution is -2.04. The van der Waals surface area contributed by atoms with E-state index in [0.717, 1.165) is 24.3 Å². The van der Waals surface area contributed by atoms with Gasteiger partial charge >= 0.3 is 23.7 Å². The predicted molar refractivity (Wildman–Crippen MR) is 168 cm³/mol. The van der Waals surface area contributed by atoms with Gasteiger partial charge in [0.2, 0.25) is 11.1 Å². The molecule has 0 amide bonds. The number of fused-ring (bicyclic) bond motifs is 6. The monoisotopic (exact) mass is 674 g/mol. The van der Waals surface area contributed by atoms with Gasteiger partial charge in [0.25, 0.3) is 0 Å². The summed E-state index contributed by atoms with van der Waals surface area (Å²) in [5.74, 6) is 0. The average molecular weight is 675 g/mol. The molecule has 5 aromatic carbocycles. The van der Waals surface area contributed by atoms with E-state index in [1.807, 2.05) is 0 Å². The topological polar surface area (TPSA) is 108 Å². The average Bonchev–Trinajstić information content (AvgIpc) is 3.73. The molecule has 7 aromatic rings. The quantitative estimate of drug-likeness (QED) is 0.103. The first-order valence-corrected chi connectivity index (χ1v) is 14.2. The fourth-order valence-corrected chi connectivity index (χ4v) is 5.86. The molecule has 0 aliphatic rings. The molecule has 14 heteroatoms. The molecule has 0 aliphatic carbocycles. The summed E-state index contributed by atoms with van der Waals surface area (Å²) < 4.78 is 93.7. The fourth-order valence-electron chi connectivity index (χ4n) is 5.86. The molecule has 0 saturated carbocycles. The first-order valence-electron chi connectivity index (χ1n) is 14.2. The van der Waals surface area contributed by atoms with Gasteiger partial charge in [0.1, 0.15) is 11.0 Å². The number of alkyl halides is 6. The zero-order valence-corrected chi connectivity index (χ0v) is 24.7. The van der Waals surface area contributed by atoms with Gasteiger partial charge < -0.3 is 8.83 Å². The number of hydrogen-bond acceptors (Lipinski definition) is 6. The van der Waals surface area contributed by atoms with Crippen LogP contribution in [0.5, 0.6) is 0 Å². The van der Waals surface area contributed by atoms with Crippen LogP contribution in [0.1, 0.15) is 11.1 Å². The minimum atomic E-state index is -4.65. The highest BCUT2D eigenvalue weighted by molar-refractivity contribution is 6.30. The molecule has 2 heterocycles. The summed E-state index contributed by atoms with van der Waals surface area (Å²) in [6.45, 7) is 14.7. The Morgan fingerprint density at radius 2 is 0.940 bits per heavy atom. The van der Waals surface area contributed by atoms with E-state index < -0.39 is 34.9 Å².